The summed E-state index contributed by atoms with van der Waals surface area (Å²) in [7, 11) is 0. The molecule has 1 aliphatic heterocycles. The van der Waals surface area contributed by atoms with Crippen LogP contribution in [-0.2, 0) is 14.4 Å². The lowest BCUT2D eigenvalue weighted by molar-refractivity contribution is -0.229. The first-order chi connectivity index (χ1) is 6.41. The van der Waals surface area contributed by atoms with Crippen molar-refractivity contribution in [3.8, 4) is 0 Å². The van der Waals surface area contributed by atoms with Crippen molar-refractivity contribution in [1.82, 2.24) is 10.4 Å². The summed E-state index contributed by atoms with van der Waals surface area (Å²) in [6, 6.07) is 0. The predicted octanol–water partition coefficient (Wildman–Crippen LogP) is -0.0901. The number of amides is 1. The molecule has 0 aromatic heterocycles. The third kappa shape index (κ3) is 2.38. The van der Waals surface area contributed by atoms with Crippen LogP contribution in [0.2, 0.25) is 0 Å². The molecule has 1 heterocycles. The molecule has 0 aromatic rings. The molecule has 0 aliphatic carbocycles. The highest BCUT2D eigenvalue weighted by atomic mass is 19.4. The molecule has 0 aromatic carbocycles. The Labute approximate surface area is 76.1 Å². The van der Waals surface area contributed by atoms with E-state index >= 15 is 0 Å². The van der Waals surface area contributed by atoms with E-state index in [1.807, 2.05) is 0 Å². The van der Waals surface area contributed by atoms with E-state index in [0.29, 0.717) is 0 Å². The number of alkyl halides is 3. The summed E-state index contributed by atoms with van der Waals surface area (Å²) in [6.07, 6.45) is -3.04. The topological polar surface area (TPSA) is 58.6 Å². The molecule has 1 rings (SSSR count). The fourth-order valence-corrected chi connectivity index (χ4v) is 0.650. The number of carbonyl (C=O) groups is 2. The van der Waals surface area contributed by atoms with Crippen molar-refractivity contribution < 1.29 is 27.6 Å². The minimum absolute atomic E-state index is 0.221. The molecular weight excluding hydrogens is 205 g/mol. The van der Waals surface area contributed by atoms with Gasteiger partial charge < -0.3 is 10.2 Å². The Morgan fingerprint density at radius 3 is 2.71 bits per heavy atom. The molecule has 0 radical (unpaired) electrons. The van der Waals surface area contributed by atoms with E-state index in [9.17, 15) is 22.8 Å². The van der Waals surface area contributed by atoms with Gasteiger partial charge in [-0.3, -0.25) is 4.79 Å². The predicted molar refractivity (Wildman–Crippen MR) is 36.1 cm³/mol. The van der Waals surface area contributed by atoms with Gasteiger partial charge in [0.25, 0.3) is 5.91 Å². The second kappa shape index (κ2) is 3.56. The maximum Gasteiger partial charge on any atom is 0.493 e. The smallest absolute Gasteiger partial charge is 0.381 e. The van der Waals surface area contributed by atoms with Crippen LogP contribution in [0.3, 0.4) is 0 Å². The van der Waals surface area contributed by atoms with Gasteiger partial charge in [-0.15, -0.1) is 5.06 Å². The number of nitrogens with one attached hydrogen (secondary N) is 1. The Bertz CT molecular complexity index is 287. The third-order valence-electron chi connectivity index (χ3n) is 1.24. The third-order valence-corrected chi connectivity index (χ3v) is 1.24. The zero-order valence-electron chi connectivity index (χ0n) is 6.67. The first kappa shape index (κ1) is 10.4. The first-order valence-corrected chi connectivity index (χ1v) is 3.42. The number of hydroxylamine groups is 2. The monoisotopic (exact) mass is 210 g/mol. The summed E-state index contributed by atoms with van der Waals surface area (Å²) >= 11 is 0. The Morgan fingerprint density at radius 2 is 2.21 bits per heavy atom. The van der Waals surface area contributed by atoms with E-state index in [4.69, 9.17) is 0 Å². The van der Waals surface area contributed by atoms with Crippen LogP contribution in [0.1, 0.15) is 0 Å². The average molecular weight is 210 g/mol. The molecule has 14 heavy (non-hydrogen) atoms. The summed E-state index contributed by atoms with van der Waals surface area (Å²) < 4.78 is 35.0. The number of carbonyl (C=O) groups excluding carboxylic acids is 2. The van der Waals surface area contributed by atoms with E-state index in [0.717, 1.165) is 6.20 Å². The number of rotatable bonds is 1. The molecule has 0 atom stereocenters. The van der Waals surface area contributed by atoms with Crippen molar-refractivity contribution in [2.45, 2.75) is 6.18 Å². The van der Waals surface area contributed by atoms with Gasteiger partial charge >= 0.3 is 12.1 Å². The number of hydrogen-bond acceptors (Lipinski definition) is 4. The molecule has 0 spiro atoms. The number of halogens is 3. The molecular formula is C6H5F3N2O3. The second-order valence-corrected chi connectivity index (χ2v) is 2.29. The molecule has 0 bridgehead atoms. The first-order valence-electron chi connectivity index (χ1n) is 3.42. The quantitative estimate of drug-likeness (QED) is 0.657. The summed E-state index contributed by atoms with van der Waals surface area (Å²) in [5.41, 5.74) is 0. The Hall–Kier alpha value is -1.73. The largest absolute Gasteiger partial charge is 0.493 e. The van der Waals surface area contributed by atoms with Gasteiger partial charge in [-0.25, -0.2) is 4.79 Å². The molecule has 0 saturated heterocycles. The molecule has 0 unspecified atom stereocenters. The standard InChI is InChI=1S/C6H5F3N2O3/c7-6(8,9)5(13)14-11-2-1-10-3-4(11)12/h1-2,10H,3H2. The van der Waals surface area contributed by atoms with Gasteiger partial charge in [0.1, 0.15) is 0 Å². The van der Waals surface area contributed by atoms with Crippen LogP contribution in [-0.4, -0.2) is 29.7 Å². The second-order valence-electron chi connectivity index (χ2n) is 2.29. The van der Waals surface area contributed by atoms with Crippen molar-refractivity contribution >= 4 is 11.9 Å². The SMILES string of the molecule is O=C1CNC=CN1OC(=O)C(F)(F)F. The lowest BCUT2D eigenvalue weighted by atomic mass is 10.5. The van der Waals surface area contributed by atoms with Gasteiger partial charge in [-0.05, 0) is 0 Å². The Morgan fingerprint density at radius 1 is 1.57 bits per heavy atom. The van der Waals surface area contributed by atoms with Crippen molar-refractivity contribution in [2.75, 3.05) is 6.54 Å². The van der Waals surface area contributed by atoms with Crippen molar-refractivity contribution in [1.29, 1.82) is 0 Å². The lowest BCUT2D eigenvalue weighted by Gasteiger charge is -2.20. The molecule has 1 aliphatic rings. The van der Waals surface area contributed by atoms with Gasteiger partial charge in [-0.1, -0.05) is 0 Å². The van der Waals surface area contributed by atoms with Crippen LogP contribution in [0.15, 0.2) is 12.4 Å². The molecule has 78 valence electrons. The number of hydrogen-bond donors (Lipinski definition) is 1. The molecule has 1 amide bonds. The summed E-state index contributed by atoms with van der Waals surface area (Å²) in [4.78, 5) is 24.9. The van der Waals surface area contributed by atoms with E-state index < -0.39 is 18.1 Å². The van der Waals surface area contributed by atoms with Crippen LogP contribution >= 0.6 is 0 Å². The highest BCUT2D eigenvalue weighted by molar-refractivity contribution is 5.82. The van der Waals surface area contributed by atoms with Crippen molar-refractivity contribution in [2.24, 2.45) is 0 Å². The Kier molecular flexibility index (Phi) is 2.63. The maximum atomic E-state index is 11.7. The fraction of sp³-hybridized carbons (Fsp3) is 0.333. The normalized spacial score (nSPS) is 16.5. The zero-order valence-corrected chi connectivity index (χ0v) is 6.67. The van der Waals surface area contributed by atoms with Crippen LogP contribution in [0, 0.1) is 0 Å². The zero-order chi connectivity index (χ0) is 10.8. The number of nitrogens with zero attached hydrogens (tertiary/aromatic N) is 1. The Balaban J connectivity index is 2.60. The molecule has 5 nitrogen and oxygen atoms in total. The van der Waals surface area contributed by atoms with Crippen molar-refractivity contribution in [3.63, 3.8) is 0 Å². The van der Waals surface area contributed by atoms with E-state index in [1.54, 1.807) is 0 Å². The van der Waals surface area contributed by atoms with Crippen LogP contribution in [0.4, 0.5) is 13.2 Å². The molecule has 1 N–H and O–H groups in total. The van der Waals surface area contributed by atoms with Gasteiger partial charge in [0.2, 0.25) is 0 Å². The van der Waals surface area contributed by atoms with Crippen LogP contribution in [0.25, 0.3) is 0 Å². The van der Waals surface area contributed by atoms with Gasteiger partial charge in [-0.2, -0.15) is 13.2 Å². The van der Waals surface area contributed by atoms with E-state index in [2.05, 4.69) is 10.2 Å². The lowest BCUT2D eigenvalue weighted by Crippen LogP contribution is -2.41. The summed E-state index contributed by atoms with van der Waals surface area (Å²) in [6.45, 7) is -0.221. The minimum Gasteiger partial charge on any atom is -0.381 e. The molecule has 0 saturated carbocycles. The summed E-state index contributed by atoms with van der Waals surface area (Å²) in [5, 5.41) is 2.66. The highest BCUT2D eigenvalue weighted by Gasteiger charge is 2.43. The van der Waals surface area contributed by atoms with E-state index in [-0.39, 0.29) is 11.6 Å². The van der Waals surface area contributed by atoms with Gasteiger partial charge in [0.15, 0.2) is 0 Å². The van der Waals surface area contributed by atoms with E-state index in [1.165, 1.54) is 6.20 Å². The van der Waals surface area contributed by atoms with Gasteiger partial charge in [0.05, 0.1) is 12.7 Å². The molecule has 8 heteroatoms. The fourth-order valence-electron chi connectivity index (χ4n) is 0.650. The average Bonchev–Trinajstić information content (AvgIpc) is 2.07. The maximum absolute atomic E-state index is 11.7. The minimum atomic E-state index is -5.11. The van der Waals surface area contributed by atoms with Crippen LogP contribution < -0.4 is 5.32 Å². The molecule has 0 fully saturated rings. The highest BCUT2D eigenvalue weighted by Crippen LogP contribution is 2.17. The van der Waals surface area contributed by atoms with Gasteiger partial charge in [0, 0.05) is 6.20 Å². The summed E-state index contributed by atoms with van der Waals surface area (Å²) in [5.74, 6) is -3.22. The van der Waals surface area contributed by atoms with Crippen molar-refractivity contribution in [3.05, 3.63) is 12.4 Å². The van der Waals surface area contributed by atoms with Crippen LogP contribution in [0.5, 0.6) is 0 Å².